The summed E-state index contributed by atoms with van der Waals surface area (Å²) >= 11 is 0. The van der Waals surface area contributed by atoms with E-state index in [9.17, 15) is 0 Å². The number of benzene rings is 3. The summed E-state index contributed by atoms with van der Waals surface area (Å²) in [6.07, 6.45) is 0. The van der Waals surface area contributed by atoms with Crippen molar-refractivity contribution in [3.8, 4) is 11.5 Å². The predicted octanol–water partition coefficient (Wildman–Crippen LogP) is 6.13. The standard InChI is InChI=1S/C26H28N2O2/c1-19(2)21-10-14-23(15-11-21)30-18-26-27-24-6-4-5-7-25(24)28(26)16-17-29-22-12-8-20(3)9-13-22/h4-15,19H,16-18H2,1-3H3. The summed E-state index contributed by atoms with van der Waals surface area (Å²) in [6, 6.07) is 24.6. The molecule has 0 aliphatic heterocycles. The molecular formula is C26H28N2O2. The van der Waals surface area contributed by atoms with Gasteiger partial charge in [-0.15, -0.1) is 0 Å². The highest BCUT2D eigenvalue weighted by molar-refractivity contribution is 5.75. The second-order valence-corrected chi connectivity index (χ2v) is 7.84. The van der Waals surface area contributed by atoms with Gasteiger partial charge in [0.2, 0.25) is 0 Å². The maximum atomic E-state index is 6.05. The summed E-state index contributed by atoms with van der Waals surface area (Å²) < 4.78 is 14.2. The van der Waals surface area contributed by atoms with Crippen molar-refractivity contribution in [2.75, 3.05) is 6.61 Å². The van der Waals surface area contributed by atoms with Crippen molar-refractivity contribution in [3.63, 3.8) is 0 Å². The highest BCUT2D eigenvalue weighted by Crippen LogP contribution is 2.21. The third kappa shape index (κ3) is 4.65. The Morgan fingerprint density at radius 1 is 0.833 bits per heavy atom. The van der Waals surface area contributed by atoms with E-state index in [-0.39, 0.29) is 0 Å². The van der Waals surface area contributed by atoms with Crippen LogP contribution in [0.15, 0.2) is 72.8 Å². The fourth-order valence-electron chi connectivity index (χ4n) is 3.47. The average Bonchev–Trinajstić information content (AvgIpc) is 3.11. The second-order valence-electron chi connectivity index (χ2n) is 7.84. The minimum absolute atomic E-state index is 0.417. The van der Waals surface area contributed by atoms with Gasteiger partial charge >= 0.3 is 0 Å². The molecule has 0 aliphatic rings. The van der Waals surface area contributed by atoms with E-state index in [4.69, 9.17) is 14.5 Å². The molecule has 0 saturated heterocycles. The van der Waals surface area contributed by atoms with E-state index in [2.05, 4.69) is 55.7 Å². The summed E-state index contributed by atoms with van der Waals surface area (Å²) in [5.41, 5.74) is 4.60. The number of hydrogen-bond donors (Lipinski definition) is 0. The van der Waals surface area contributed by atoms with E-state index in [0.717, 1.165) is 28.4 Å². The molecule has 30 heavy (non-hydrogen) atoms. The summed E-state index contributed by atoms with van der Waals surface area (Å²) in [4.78, 5) is 4.79. The number of rotatable bonds is 8. The maximum Gasteiger partial charge on any atom is 0.148 e. The molecule has 1 heterocycles. The van der Waals surface area contributed by atoms with Gasteiger partial charge in [0.1, 0.15) is 30.5 Å². The molecule has 4 aromatic rings. The average molecular weight is 401 g/mol. The van der Waals surface area contributed by atoms with Crippen LogP contribution in [0.1, 0.15) is 36.7 Å². The Kier molecular flexibility index (Phi) is 6.03. The Hall–Kier alpha value is -3.27. The van der Waals surface area contributed by atoms with E-state index < -0.39 is 0 Å². The number of fused-ring (bicyclic) bond motifs is 1. The molecule has 154 valence electrons. The number of aromatic nitrogens is 2. The molecule has 0 unspecified atom stereocenters. The first-order valence-corrected chi connectivity index (χ1v) is 10.5. The summed E-state index contributed by atoms with van der Waals surface area (Å²) in [6.45, 7) is 8.15. The first-order valence-electron chi connectivity index (χ1n) is 10.5. The number of nitrogens with zero attached hydrogens (tertiary/aromatic N) is 2. The molecule has 1 aromatic heterocycles. The number of ether oxygens (including phenoxy) is 2. The minimum Gasteiger partial charge on any atom is -0.492 e. The Balaban J connectivity index is 1.47. The normalized spacial score (nSPS) is 11.2. The summed E-state index contributed by atoms with van der Waals surface area (Å²) in [5.74, 6) is 3.15. The molecule has 0 atom stereocenters. The van der Waals surface area contributed by atoms with Crippen LogP contribution in [0.2, 0.25) is 0 Å². The van der Waals surface area contributed by atoms with E-state index in [1.807, 2.05) is 42.5 Å². The van der Waals surface area contributed by atoms with Crippen molar-refractivity contribution in [2.45, 2.75) is 39.8 Å². The highest BCUT2D eigenvalue weighted by Gasteiger charge is 2.11. The van der Waals surface area contributed by atoms with Crippen LogP contribution in [-0.4, -0.2) is 16.2 Å². The van der Waals surface area contributed by atoms with Crippen LogP contribution < -0.4 is 9.47 Å². The molecular weight excluding hydrogens is 372 g/mol. The Morgan fingerprint density at radius 3 is 2.23 bits per heavy atom. The molecule has 0 fully saturated rings. The SMILES string of the molecule is Cc1ccc(OCCn2c(COc3ccc(C(C)C)cc3)nc3ccccc32)cc1. The Bertz CT molecular complexity index is 1100. The quantitative estimate of drug-likeness (QED) is 0.357. The van der Waals surface area contributed by atoms with Crippen LogP contribution in [0.25, 0.3) is 11.0 Å². The van der Waals surface area contributed by atoms with Gasteiger partial charge in [-0.05, 0) is 54.8 Å². The minimum atomic E-state index is 0.417. The van der Waals surface area contributed by atoms with Gasteiger partial charge in [0.15, 0.2) is 0 Å². The van der Waals surface area contributed by atoms with Crippen LogP contribution in [-0.2, 0) is 13.2 Å². The molecule has 0 spiro atoms. The number of imidazole rings is 1. The van der Waals surface area contributed by atoms with Gasteiger partial charge in [0, 0.05) is 0 Å². The lowest BCUT2D eigenvalue weighted by Crippen LogP contribution is -2.13. The van der Waals surface area contributed by atoms with Gasteiger partial charge in [-0.2, -0.15) is 0 Å². The maximum absolute atomic E-state index is 6.05. The Morgan fingerprint density at radius 2 is 1.50 bits per heavy atom. The topological polar surface area (TPSA) is 36.3 Å². The lowest BCUT2D eigenvalue weighted by molar-refractivity contribution is 0.272. The first kappa shape index (κ1) is 20.0. The second kappa shape index (κ2) is 9.04. The lowest BCUT2D eigenvalue weighted by Gasteiger charge is -2.12. The molecule has 0 bridgehead atoms. The van der Waals surface area contributed by atoms with Crippen LogP contribution in [0.3, 0.4) is 0 Å². The van der Waals surface area contributed by atoms with Gasteiger partial charge in [-0.1, -0.05) is 55.8 Å². The Labute approximate surface area is 178 Å². The molecule has 4 nitrogen and oxygen atoms in total. The van der Waals surface area contributed by atoms with Gasteiger partial charge < -0.3 is 14.0 Å². The lowest BCUT2D eigenvalue weighted by atomic mass is 10.0. The molecule has 3 aromatic carbocycles. The van der Waals surface area contributed by atoms with Crippen molar-refractivity contribution in [2.24, 2.45) is 0 Å². The molecule has 0 N–H and O–H groups in total. The van der Waals surface area contributed by atoms with Crippen molar-refractivity contribution >= 4 is 11.0 Å². The highest BCUT2D eigenvalue weighted by atomic mass is 16.5. The first-order chi connectivity index (χ1) is 14.6. The van der Waals surface area contributed by atoms with Crippen LogP contribution in [0.4, 0.5) is 0 Å². The van der Waals surface area contributed by atoms with Crippen LogP contribution >= 0.6 is 0 Å². The number of hydrogen-bond acceptors (Lipinski definition) is 3. The van der Waals surface area contributed by atoms with Gasteiger partial charge in [0.25, 0.3) is 0 Å². The molecule has 0 aliphatic carbocycles. The monoisotopic (exact) mass is 400 g/mol. The predicted molar refractivity (Wildman–Crippen MR) is 121 cm³/mol. The zero-order chi connectivity index (χ0) is 20.9. The van der Waals surface area contributed by atoms with Crippen molar-refractivity contribution in [3.05, 3.63) is 89.7 Å². The molecule has 0 amide bonds. The smallest absolute Gasteiger partial charge is 0.148 e. The van der Waals surface area contributed by atoms with Crippen molar-refractivity contribution in [1.82, 2.24) is 9.55 Å². The summed E-state index contributed by atoms with van der Waals surface area (Å²) in [5, 5.41) is 0. The number of para-hydroxylation sites is 2. The third-order valence-corrected chi connectivity index (χ3v) is 5.25. The van der Waals surface area contributed by atoms with E-state index in [0.29, 0.717) is 25.7 Å². The van der Waals surface area contributed by atoms with Gasteiger partial charge in [0.05, 0.1) is 17.6 Å². The van der Waals surface area contributed by atoms with E-state index >= 15 is 0 Å². The third-order valence-electron chi connectivity index (χ3n) is 5.25. The molecule has 0 saturated carbocycles. The van der Waals surface area contributed by atoms with Crippen LogP contribution in [0.5, 0.6) is 11.5 Å². The van der Waals surface area contributed by atoms with Gasteiger partial charge in [-0.25, -0.2) is 4.98 Å². The molecule has 4 heteroatoms. The zero-order valence-corrected chi connectivity index (χ0v) is 17.8. The van der Waals surface area contributed by atoms with E-state index in [1.54, 1.807) is 0 Å². The van der Waals surface area contributed by atoms with Crippen molar-refractivity contribution in [1.29, 1.82) is 0 Å². The van der Waals surface area contributed by atoms with Crippen LogP contribution in [0, 0.1) is 6.92 Å². The summed E-state index contributed by atoms with van der Waals surface area (Å²) in [7, 11) is 0. The molecule has 0 radical (unpaired) electrons. The largest absolute Gasteiger partial charge is 0.492 e. The molecule has 4 rings (SSSR count). The van der Waals surface area contributed by atoms with Gasteiger partial charge in [-0.3, -0.25) is 0 Å². The van der Waals surface area contributed by atoms with E-state index in [1.165, 1.54) is 11.1 Å². The zero-order valence-electron chi connectivity index (χ0n) is 17.8. The van der Waals surface area contributed by atoms with Crippen molar-refractivity contribution < 1.29 is 9.47 Å². The number of aryl methyl sites for hydroxylation is 1. The fourth-order valence-corrected chi connectivity index (χ4v) is 3.47. The fraction of sp³-hybridized carbons (Fsp3) is 0.269.